The number of aryl methyl sites for hydroxylation is 1. The normalized spacial score (nSPS) is 18.9. The number of ether oxygens (including phenoxy) is 1. The van der Waals surface area contributed by atoms with E-state index in [1.165, 1.54) is 0 Å². The molecule has 0 spiro atoms. The maximum absolute atomic E-state index is 9.60. The molecule has 2 aromatic heterocycles. The highest BCUT2D eigenvalue weighted by molar-refractivity contribution is 5.79. The van der Waals surface area contributed by atoms with Gasteiger partial charge < -0.3 is 15.4 Å². The standard InChI is InChI=1S/C17H17N7O/c1-2-12-15-14(11(7-18)16(19)25-17(15)23-22-12)10-3-4-13(21-8-10)24-6-5-20-9-24/h3-4,8-9,14H,2,5-6,19H2,1H3,(H,22,23). The third kappa shape index (κ3) is 2.41. The number of nitrogens with one attached hydrogen (secondary N) is 1. The van der Waals surface area contributed by atoms with E-state index < -0.39 is 0 Å². The topological polar surface area (TPSA) is 116 Å². The molecule has 1 unspecified atom stereocenters. The van der Waals surface area contributed by atoms with Gasteiger partial charge in [0.15, 0.2) is 0 Å². The van der Waals surface area contributed by atoms with Crippen molar-refractivity contribution in [3.05, 3.63) is 46.6 Å². The van der Waals surface area contributed by atoms with Crippen LogP contribution in [0.1, 0.15) is 29.7 Å². The first kappa shape index (κ1) is 15.2. The van der Waals surface area contributed by atoms with E-state index in [1.54, 1.807) is 12.5 Å². The summed E-state index contributed by atoms with van der Waals surface area (Å²) in [6.45, 7) is 3.62. The molecule has 4 rings (SSSR count). The lowest BCUT2D eigenvalue weighted by molar-refractivity contribution is 0.378. The molecule has 2 aliphatic rings. The summed E-state index contributed by atoms with van der Waals surface area (Å²) >= 11 is 0. The minimum Gasteiger partial charge on any atom is -0.420 e. The van der Waals surface area contributed by atoms with Gasteiger partial charge in [0.05, 0.1) is 24.4 Å². The number of pyridine rings is 1. The molecule has 126 valence electrons. The molecule has 3 N–H and O–H groups in total. The largest absolute Gasteiger partial charge is 0.420 e. The molecule has 2 aromatic rings. The van der Waals surface area contributed by atoms with Crippen molar-refractivity contribution >= 4 is 12.2 Å². The Labute approximate surface area is 144 Å². The van der Waals surface area contributed by atoms with Crippen LogP contribution in [0.3, 0.4) is 0 Å². The minimum absolute atomic E-state index is 0.0879. The van der Waals surface area contributed by atoms with E-state index in [4.69, 9.17) is 10.5 Å². The van der Waals surface area contributed by atoms with Gasteiger partial charge in [-0.15, -0.1) is 5.10 Å². The SMILES string of the molecule is CCc1[nH]nc2c1C(c1ccc(N3C=NCC3)nc1)C(C#N)=C(N)O2. The number of nitrogens with two attached hydrogens (primary N) is 1. The van der Waals surface area contributed by atoms with Gasteiger partial charge in [0.25, 0.3) is 0 Å². The zero-order chi connectivity index (χ0) is 17.4. The number of anilines is 1. The Kier molecular flexibility index (Phi) is 3.61. The summed E-state index contributed by atoms with van der Waals surface area (Å²) in [6.07, 6.45) is 4.31. The number of nitrogens with zero attached hydrogens (tertiary/aromatic N) is 5. The first-order valence-electron chi connectivity index (χ1n) is 8.10. The fraction of sp³-hybridized carbons (Fsp3) is 0.294. The van der Waals surface area contributed by atoms with Crippen LogP contribution in [0.15, 0.2) is 34.8 Å². The number of rotatable bonds is 3. The molecular formula is C17H17N7O. The number of H-pyrrole nitrogens is 1. The van der Waals surface area contributed by atoms with Crippen molar-refractivity contribution in [1.82, 2.24) is 15.2 Å². The number of hydrogen-bond acceptors (Lipinski definition) is 7. The maximum Gasteiger partial charge on any atom is 0.244 e. The highest BCUT2D eigenvalue weighted by Gasteiger charge is 2.35. The second-order valence-corrected chi connectivity index (χ2v) is 5.86. The Morgan fingerprint density at radius 1 is 1.48 bits per heavy atom. The Morgan fingerprint density at radius 3 is 3.00 bits per heavy atom. The van der Waals surface area contributed by atoms with E-state index in [9.17, 15) is 5.26 Å². The van der Waals surface area contributed by atoms with Crippen LogP contribution >= 0.6 is 0 Å². The van der Waals surface area contributed by atoms with Crippen molar-refractivity contribution in [1.29, 1.82) is 5.26 Å². The molecule has 1 atom stereocenters. The molecule has 4 heterocycles. The van der Waals surface area contributed by atoms with Crippen LogP contribution in [0.2, 0.25) is 0 Å². The van der Waals surface area contributed by atoms with Crippen molar-refractivity contribution in [2.75, 3.05) is 18.0 Å². The predicted octanol–water partition coefficient (Wildman–Crippen LogP) is 1.43. The third-order valence-corrected chi connectivity index (χ3v) is 4.46. The minimum atomic E-state index is -0.337. The summed E-state index contributed by atoms with van der Waals surface area (Å²) in [5.74, 6) is 1.01. The quantitative estimate of drug-likeness (QED) is 0.876. The number of aromatic nitrogens is 3. The van der Waals surface area contributed by atoms with Gasteiger partial charge in [0.1, 0.15) is 17.5 Å². The van der Waals surface area contributed by atoms with Crippen molar-refractivity contribution in [3.63, 3.8) is 0 Å². The van der Waals surface area contributed by atoms with Gasteiger partial charge in [0.2, 0.25) is 11.8 Å². The Balaban J connectivity index is 1.78. The third-order valence-electron chi connectivity index (χ3n) is 4.46. The highest BCUT2D eigenvalue weighted by Crippen LogP contribution is 2.42. The number of aromatic amines is 1. The number of nitriles is 1. The summed E-state index contributed by atoms with van der Waals surface area (Å²) in [7, 11) is 0. The highest BCUT2D eigenvalue weighted by atomic mass is 16.5. The number of allylic oxidation sites excluding steroid dienone is 1. The smallest absolute Gasteiger partial charge is 0.244 e. The van der Waals surface area contributed by atoms with Gasteiger partial charge in [-0.05, 0) is 18.1 Å². The van der Waals surface area contributed by atoms with Crippen LogP contribution in [-0.2, 0) is 6.42 Å². The average molecular weight is 335 g/mol. The summed E-state index contributed by atoms with van der Waals surface area (Å²) < 4.78 is 5.52. The van der Waals surface area contributed by atoms with Crippen molar-refractivity contribution < 1.29 is 4.74 Å². The molecule has 0 aliphatic carbocycles. The van der Waals surface area contributed by atoms with Crippen molar-refractivity contribution in [2.24, 2.45) is 10.7 Å². The molecule has 0 aromatic carbocycles. The lowest BCUT2D eigenvalue weighted by Gasteiger charge is -2.24. The molecule has 0 amide bonds. The predicted molar refractivity (Wildman–Crippen MR) is 92.2 cm³/mol. The molecule has 2 aliphatic heterocycles. The number of hydrogen-bond donors (Lipinski definition) is 2. The zero-order valence-electron chi connectivity index (χ0n) is 13.7. The molecule has 25 heavy (non-hydrogen) atoms. The van der Waals surface area contributed by atoms with E-state index in [0.29, 0.717) is 11.5 Å². The summed E-state index contributed by atoms with van der Waals surface area (Å²) in [5, 5.41) is 16.8. The van der Waals surface area contributed by atoms with Gasteiger partial charge in [-0.2, -0.15) is 5.26 Å². The lowest BCUT2D eigenvalue weighted by atomic mass is 9.84. The Morgan fingerprint density at radius 2 is 2.36 bits per heavy atom. The molecule has 0 bridgehead atoms. The van der Waals surface area contributed by atoms with Crippen molar-refractivity contribution in [2.45, 2.75) is 19.3 Å². The average Bonchev–Trinajstić information content (AvgIpc) is 3.30. The second-order valence-electron chi connectivity index (χ2n) is 5.86. The van der Waals surface area contributed by atoms with Gasteiger partial charge in [-0.1, -0.05) is 13.0 Å². The van der Waals surface area contributed by atoms with Gasteiger partial charge in [0, 0.05) is 18.4 Å². The van der Waals surface area contributed by atoms with Crippen LogP contribution in [0, 0.1) is 11.3 Å². The van der Waals surface area contributed by atoms with Crippen LogP contribution in [0.4, 0.5) is 5.82 Å². The molecule has 8 nitrogen and oxygen atoms in total. The lowest BCUT2D eigenvalue weighted by Crippen LogP contribution is -2.22. The van der Waals surface area contributed by atoms with Crippen molar-refractivity contribution in [3.8, 4) is 11.9 Å². The van der Waals surface area contributed by atoms with Crippen LogP contribution in [0.5, 0.6) is 5.88 Å². The van der Waals surface area contributed by atoms with Crippen LogP contribution in [-0.4, -0.2) is 34.6 Å². The van der Waals surface area contributed by atoms with E-state index in [0.717, 1.165) is 42.1 Å². The van der Waals surface area contributed by atoms with E-state index in [-0.39, 0.29) is 11.8 Å². The summed E-state index contributed by atoms with van der Waals surface area (Å²) in [4.78, 5) is 10.7. The zero-order valence-corrected chi connectivity index (χ0v) is 13.7. The summed E-state index contributed by atoms with van der Waals surface area (Å²) in [6, 6.07) is 6.08. The fourth-order valence-corrected chi connectivity index (χ4v) is 3.20. The molecule has 0 radical (unpaired) electrons. The van der Waals surface area contributed by atoms with Gasteiger partial charge in [-0.25, -0.2) is 4.98 Å². The summed E-state index contributed by atoms with van der Waals surface area (Å²) in [5.41, 5.74) is 8.98. The number of aliphatic imine (C=N–C) groups is 1. The number of fused-ring (bicyclic) bond motifs is 1. The maximum atomic E-state index is 9.60. The first-order valence-corrected chi connectivity index (χ1v) is 8.10. The van der Waals surface area contributed by atoms with Gasteiger partial charge in [-0.3, -0.25) is 10.1 Å². The fourth-order valence-electron chi connectivity index (χ4n) is 3.20. The molecule has 8 heteroatoms. The van der Waals surface area contributed by atoms with E-state index in [2.05, 4.69) is 26.2 Å². The molecule has 0 fully saturated rings. The Hall–Kier alpha value is -3.34. The first-order chi connectivity index (χ1) is 12.2. The second kappa shape index (κ2) is 5.94. The molecule has 0 saturated heterocycles. The Bertz CT molecular complexity index is 904. The molecule has 0 saturated carbocycles. The van der Waals surface area contributed by atoms with Gasteiger partial charge >= 0.3 is 0 Å². The van der Waals surface area contributed by atoms with E-state index >= 15 is 0 Å². The van der Waals surface area contributed by atoms with Crippen LogP contribution in [0.25, 0.3) is 0 Å². The van der Waals surface area contributed by atoms with Crippen LogP contribution < -0.4 is 15.4 Å². The van der Waals surface area contributed by atoms with E-state index in [1.807, 2.05) is 24.0 Å². The molecular weight excluding hydrogens is 318 g/mol. The monoisotopic (exact) mass is 335 g/mol.